The number of hydrogen-bond acceptors (Lipinski definition) is 5. The number of nitrogens with zero attached hydrogens (tertiary/aromatic N) is 2. The lowest BCUT2D eigenvalue weighted by atomic mass is 9.99. The van der Waals surface area contributed by atoms with Crippen LogP contribution in [0, 0.1) is 11.6 Å². The molecule has 2 heterocycles. The average molecular weight is 394 g/mol. The second-order valence-electron chi connectivity index (χ2n) is 6.22. The van der Waals surface area contributed by atoms with Crippen molar-refractivity contribution in [2.45, 2.75) is 25.8 Å². The van der Waals surface area contributed by atoms with Crippen LogP contribution in [0.25, 0.3) is 11.3 Å². The maximum atomic E-state index is 13.3. The maximum Gasteiger partial charge on any atom is 0.325 e. The van der Waals surface area contributed by atoms with Crippen molar-refractivity contribution in [2.24, 2.45) is 0 Å². The first-order valence-corrected chi connectivity index (χ1v) is 8.96. The van der Waals surface area contributed by atoms with Gasteiger partial charge in [0, 0.05) is 10.9 Å². The fraction of sp³-hybridized carbons (Fsp3) is 0.294. The van der Waals surface area contributed by atoms with Crippen molar-refractivity contribution >= 4 is 34.3 Å². The number of urea groups is 1. The van der Waals surface area contributed by atoms with Gasteiger partial charge < -0.3 is 10.6 Å². The van der Waals surface area contributed by atoms with Crippen molar-refractivity contribution < 1.29 is 23.2 Å². The number of benzene rings is 1. The Bertz CT molecular complexity index is 933. The summed E-state index contributed by atoms with van der Waals surface area (Å²) in [5.74, 6) is -3.02. The van der Waals surface area contributed by atoms with Crippen molar-refractivity contribution in [1.29, 1.82) is 0 Å². The number of amides is 4. The van der Waals surface area contributed by atoms with Crippen LogP contribution in [-0.4, -0.2) is 39.8 Å². The minimum Gasteiger partial charge on any atom is -0.323 e. The van der Waals surface area contributed by atoms with Gasteiger partial charge in [-0.25, -0.2) is 18.6 Å². The van der Waals surface area contributed by atoms with Crippen LogP contribution >= 0.6 is 11.3 Å². The summed E-state index contributed by atoms with van der Waals surface area (Å²) < 4.78 is 26.3. The third kappa shape index (κ3) is 3.65. The third-order valence-corrected chi connectivity index (χ3v) is 5.08. The van der Waals surface area contributed by atoms with Gasteiger partial charge in [-0.15, -0.1) is 11.3 Å². The van der Waals surface area contributed by atoms with Crippen molar-refractivity contribution in [1.82, 2.24) is 15.2 Å². The number of imide groups is 1. The Labute approximate surface area is 157 Å². The number of rotatable bonds is 5. The Morgan fingerprint density at radius 3 is 2.70 bits per heavy atom. The maximum absolute atomic E-state index is 13.3. The minimum absolute atomic E-state index is 0.213. The average Bonchev–Trinajstić information content (AvgIpc) is 3.16. The van der Waals surface area contributed by atoms with Crippen LogP contribution in [0.3, 0.4) is 0 Å². The highest BCUT2D eigenvalue weighted by Gasteiger charge is 2.47. The van der Waals surface area contributed by atoms with Gasteiger partial charge >= 0.3 is 6.03 Å². The highest BCUT2D eigenvalue weighted by atomic mass is 32.1. The minimum atomic E-state index is -1.02. The molecule has 0 radical (unpaired) electrons. The van der Waals surface area contributed by atoms with Crippen LogP contribution in [0.1, 0.15) is 20.3 Å². The van der Waals surface area contributed by atoms with Crippen molar-refractivity contribution in [3.8, 4) is 11.3 Å². The molecule has 1 atom stereocenters. The first kappa shape index (κ1) is 18.9. The van der Waals surface area contributed by atoms with Gasteiger partial charge in [0.1, 0.15) is 12.1 Å². The molecule has 4 amide bonds. The summed E-state index contributed by atoms with van der Waals surface area (Å²) in [7, 11) is 0. The smallest absolute Gasteiger partial charge is 0.323 e. The number of anilines is 1. The molecule has 7 nitrogen and oxygen atoms in total. The van der Waals surface area contributed by atoms with Gasteiger partial charge in [0.25, 0.3) is 5.91 Å². The van der Waals surface area contributed by atoms with Crippen LogP contribution < -0.4 is 10.6 Å². The van der Waals surface area contributed by atoms with E-state index < -0.39 is 41.6 Å². The number of thiazole rings is 1. The summed E-state index contributed by atoms with van der Waals surface area (Å²) in [4.78, 5) is 41.4. The zero-order valence-corrected chi connectivity index (χ0v) is 15.3. The highest BCUT2D eigenvalue weighted by Crippen LogP contribution is 2.26. The molecule has 1 fully saturated rings. The molecule has 2 N–H and O–H groups in total. The Balaban J connectivity index is 1.67. The standard InChI is InChI=1S/C17H16F2N4O3S/c1-3-17(2)14(25)23(16(26)22-17)7-13(24)21-15-20-12(8-27-15)9-4-5-10(18)11(19)6-9/h4-6,8H,3,7H2,1-2H3,(H,22,26)(H,20,21,24)/t17-/m1/s1. The number of carbonyl (C=O) groups is 3. The Hall–Kier alpha value is -2.88. The largest absolute Gasteiger partial charge is 0.325 e. The number of nitrogens with one attached hydrogen (secondary N) is 2. The Morgan fingerprint density at radius 2 is 2.07 bits per heavy atom. The van der Waals surface area contributed by atoms with E-state index in [-0.39, 0.29) is 5.13 Å². The molecule has 10 heteroatoms. The van der Waals surface area contributed by atoms with Gasteiger partial charge in [-0.2, -0.15) is 0 Å². The Kier molecular flexibility index (Phi) is 4.92. The summed E-state index contributed by atoms with van der Waals surface area (Å²) in [6, 6.07) is 2.75. The molecule has 142 valence electrons. The number of aromatic nitrogens is 1. The lowest BCUT2D eigenvalue weighted by molar-refractivity contribution is -0.133. The lowest BCUT2D eigenvalue weighted by Crippen LogP contribution is -2.44. The summed E-state index contributed by atoms with van der Waals surface area (Å²) in [5, 5.41) is 6.85. The molecule has 1 aromatic heterocycles. The topological polar surface area (TPSA) is 91.4 Å². The molecule has 2 aromatic rings. The lowest BCUT2D eigenvalue weighted by Gasteiger charge is -2.18. The molecule has 1 aromatic carbocycles. The summed E-state index contributed by atoms with van der Waals surface area (Å²) in [5.41, 5.74) is -0.292. The SMILES string of the molecule is CC[C@@]1(C)NC(=O)N(CC(=O)Nc2nc(-c3ccc(F)c(F)c3)cs2)C1=O. The highest BCUT2D eigenvalue weighted by molar-refractivity contribution is 7.14. The molecule has 0 aliphatic carbocycles. The summed E-state index contributed by atoms with van der Waals surface area (Å²) in [6.45, 7) is 2.91. The van der Waals surface area contributed by atoms with E-state index in [0.717, 1.165) is 28.4 Å². The van der Waals surface area contributed by atoms with Gasteiger partial charge in [0.2, 0.25) is 5.91 Å². The molecule has 0 bridgehead atoms. The fourth-order valence-corrected chi connectivity index (χ4v) is 3.29. The van der Waals surface area contributed by atoms with Crippen LogP contribution in [0.2, 0.25) is 0 Å². The zero-order valence-electron chi connectivity index (χ0n) is 14.5. The molecule has 3 rings (SSSR count). The molecule has 0 saturated carbocycles. The van der Waals surface area contributed by atoms with Gasteiger partial charge in [0.05, 0.1) is 5.69 Å². The van der Waals surface area contributed by atoms with E-state index in [1.54, 1.807) is 19.2 Å². The van der Waals surface area contributed by atoms with Gasteiger partial charge in [-0.05, 0) is 31.5 Å². The van der Waals surface area contributed by atoms with Crippen LogP contribution in [0.4, 0.5) is 18.7 Å². The summed E-state index contributed by atoms with van der Waals surface area (Å²) in [6.07, 6.45) is 0.403. The number of halogens is 2. The van der Waals surface area contributed by atoms with Crippen LogP contribution in [-0.2, 0) is 9.59 Å². The van der Waals surface area contributed by atoms with E-state index in [2.05, 4.69) is 15.6 Å². The predicted molar refractivity (Wildman–Crippen MR) is 95.0 cm³/mol. The number of hydrogen-bond donors (Lipinski definition) is 2. The van der Waals surface area contributed by atoms with E-state index in [1.807, 2.05) is 0 Å². The van der Waals surface area contributed by atoms with Gasteiger partial charge in [-0.1, -0.05) is 6.92 Å². The van der Waals surface area contributed by atoms with Crippen molar-refractivity contribution in [2.75, 3.05) is 11.9 Å². The van der Waals surface area contributed by atoms with E-state index >= 15 is 0 Å². The van der Waals surface area contributed by atoms with Crippen LogP contribution in [0.5, 0.6) is 0 Å². The third-order valence-electron chi connectivity index (χ3n) is 4.32. The van der Waals surface area contributed by atoms with Crippen molar-refractivity contribution in [3.05, 3.63) is 35.2 Å². The number of carbonyl (C=O) groups excluding carboxylic acids is 3. The zero-order chi connectivity index (χ0) is 19.8. The second kappa shape index (κ2) is 7.03. The van der Waals surface area contributed by atoms with Gasteiger partial charge in [-0.3, -0.25) is 14.5 Å². The normalized spacial score (nSPS) is 19.3. The quantitative estimate of drug-likeness (QED) is 0.763. The first-order valence-electron chi connectivity index (χ1n) is 8.08. The summed E-state index contributed by atoms with van der Waals surface area (Å²) >= 11 is 1.08. The van der Waals surface area contributed by atoms with E-state index in [4.69, 9.17) is 0 Å². The van der Waals surface area contributed by atoms with E-state index in [1.165, 1.54) is 6.07 Å². The molecule has 27 heavy (non-hydrogen) atoms. The fourth-order valence-electron chi connectivity index (χ4n) is 2.55. The Morgan fingerprint density at radius 1 is 1.33 bits per heavy atom. The van der Waals surface area contributed by atoms with Crippen LogP contribution in [0.15, 0.2) is 23.6 Å². The molecule has 1 aliphatic heterocycles. The first-order chi connectivity index (χ1) is 12.7. The molecule has 1 aliphatic rings. The molecule has 0 spiro atoms. The monoisotopic (exact) mass is 394 g/mol. The molecular formula is C17H16F2N4O3S. The van der Waals surface area contributed by atoms with Crippen molar-refractivity contribution in [3.63, 3.8) is 0 Å². The van der Waals surface area contributed by atoms with E-state index in [0.29, 0.717) is 17.7 Å². The molecule has 0 unspecified atom stereocenters. The van der Waals surface area contributed by atoms with E-state index in [9.17, 15) is 23.2 Å². The van der Waals surface area contributed by atoms with Gasteiger partial charge in [0.15, 0.2) is 16.8 Å². The molecular weight excluding hydrogens is 378 g/mol. The second-order valence-corrected chi connectivity index (χ2v) is 7.08. The molecule has 1 saturated heterocycles. The predicted octanol–water partition coefficient (Wildman–Crippen LogP) is 2.75.